The van der Waals surface area contributed by atoms with Gasteiger partial charge in [0.1, 0.15) is 6.04 Å². The SMILES string of the molecule is CCN(N)C(=O)[C@@H](c1ccccc1)N1CCOCC1. The number of amides is 1. The third-order valence-electron chi connectivity index (χ3n) is 3.38. The molecule has 0 radical (unpaired) electrons. The first kappa shape index (κ1) is 14.0. The minimum absolute atomic E-state index is 0.0596. The predicted molar refractivity (Wildman–Crippen MR) is 73.1 cm³/mol. The van der Waals surface area contributed by atoms with Gasteiger partial charge in [-0.2, -0.15) is 0 Å². The maximum Gasteiger partial charge on any atom is 0.258 e. The average molecular weight is 263 g/mol. The number of rotatable bonds is 4. The van der Waals surface area contributed by atoms with Gasteiger partial charge in [-0.3, -0.25) is 14.7 Å². The standard InChI is InChI=1S/C14H21N3O2/c1-2-17(15)14(18)13(12-6-4-3-5-7-12)16-8-10-19-11-9-16/h3-7,13H,2,8-11,15H2,1H3/t13-/m1/s1. The zero-order valence-corrected chi connectivity index (χ0v) is 11.3. The molecule has 2 rings (SSSR count). The molecular weight excluding hydrogens is 242 g/mol. The van der Waals surface area contributed by atoms with E-state index in [0.29, 0.717) is 19.8 Å². The molecule has 0 aliphatic carbocycles. The first-order chi connectivity index (χ1) is 9.24. The van der Waals surface area contributed by atoms with Gasteiger partial charge in [0.05, 0.1) is 13.2 Å². The summed E-state index contributed by atoms with van der Waals surface area (Å²) in [7, 11) is 0. The van der Waals surface area contributed by atoms with Gasteiger partial charge in [-0.05, 0) is 12.5 Å². The van der Waals surface area contributed by atoms with Crippen LogP contribution in [0.4, 0.5) is 0 Å². The summed E-state index contributed by atoms with van der Waals surface area (Å²) in [6, 6.07) is 9.48. The molecule has 1 aliphatic heterocycles. The van der Waals surface area contributed by atoms with Crippen molar-refractivity contribution in [2.45, 2.75) is 13.0 Å². The van der Waals surface area contributed by atoms with E-state index >= 15 is 0 Å². The van der Waals surface area contributed by atoms with Crippen molar-refractivity contribution in [1.29, 1.82) is 0 Å². The lowest BCUT2D eigenvalue weighted by Gasteiger charge is -2.35. The molecule has 104 valence electrons. The van der Waals surface area contributed by atoms with Crippen LogP contribution in [0.15, 0.2) is 30.3 Å². The fourth-order valence-electron chi connectivity index (χ4n) is 2.29. The Bertz CT molecular complexity index is 404. The summed E-state index contributed by atoms with van der Waals surface area (Å²) in [5, 5.41) is 1.28. The number of carbonyl (C=O) groups excluding carboxylic acids is 1. The molecule has 1 aromatic rings. The second-order valence-electron chi connectivity index (χ2n) is 4.59. The molecule has 0 aromatic heterocycles. The van der Waals surface area contributed by atoms with Crippen LogP contribution in [0.5, 0.6) is 0 Å². The number of hydrazine groups is 1. The molecule has 0 unspecified atom stereocenters. The van der Waals surface area contributed by atoms with E-state index in [2.05, 4.69) is 4.90 Å². The summed E-state index contributed by atoms with van der Waals surface area (Å²) in [5.74, 6) is 5.73. The summed E-state index contributed by atoms with van der Waals surface area (Å²) in [5.41, 5.74) is 0.985. The number of nitrogens with zero attached hydrogens (tertiary/aromatic N) is 2. The number of benzene rings is 1. The number of ether oxygens (including phenoxy) is 1. The number of hydrogen-bond acceptors (Lipinski definition) is 4. The Balaban J connectivity index is 2.24. The Morgan fingerprint density at radius 3 is 2.58 bits per heavy atom. The Morgan fingerprint density at radius 2 is 2.00 bits per heavy atom. The summed E-state index contributed by atoms with van der Waals surface area (Å²) in [6.07, 6.45) is 0. The smallest absolute Gasteiger partial charge is 0.258 e. The second-order valence-corrected chi connectivity index (χ2v) is 4.59. The number of nitrogens with two attached hydrogens (primary N) is 1. The van der Waals surface area contributed by atoms with Crippen LogP contribution in [-0.4, -0.2) is 48.7 Å². The van der Waals surface area contributed by atoms with Crippen LogP contribution < -0.4 is 5.84 Å². The highest BCUT2D eigenvalue weighted by atomic mass is 16.5. The molecule has 19 heavy (non-hydrogen) atoms. The van der Waals surface area contributed by atoms with Crippen molar-refractivity contribution in [2.75, 3.05) is 32.8 Å². The summed E-state index contributed by atoms with van der Waals surface area (Å²) < 4.78 is 5.35. The van der Waals surface area contributed by atoms with E-state index in [0.717, 1.165) is 18.7 Å². The van der Waals surface area contributed by atoms with Crippen molar-refractivity contribution in [1.82, 2.24) is 9.91 Å². The highest BCUT2D eigenvalue weighted by molar-refractivity contribution is 5.82. The van der Waals surface area contributed by atoms with Gasteiger partial charge in [0.15, 0.2) is 0 Å². The maximum atomic E-state index is 12.5. The molecule has 5 heteroatoms. The molecule has 1 heterocycles. The first-order valence-electron chi connectivity index (χ1n) is 6.67. The minimum atomic E-state index is -0.310. The van der Waals surface area contributed by atoms with E-state index in [9.17, 15) is 4.79 Å². The molecule has 1 amide bonds. The number of hydrogen-bond donors (Lipinski definition) is 1. The molecule has 5 nitrogen and oxygen atoms in total. The summed E-state index contributed by atoms with van der Waals surface area (Å²) in [6.45, 7) is 5.21. The first-order valence-corrected chi connectivity index (χ1v) is 6.67. The van der Waals surface area contributed by atoms with Gasteiger partial charge in [-0.1, -0.05) is 30.3 Å². The lowest BCUT2D eigenvalue weighted by Crippen LogP contribution is -2.49. The van der Waals surface area contributed by atoms with Crippen LogP contribution in [0, 0.1) is 0 Å². The fraction of sp³-hybridized carbons (Fsp3) is 0.500. The van der Waals surface area contributed by atoms with Gasteiger partial charge in [0.2, 0.25) is 0 Å². The van der Waals surface area contributed by atoms with Gasteiger partial charge < -0.3 is 4.74 Å². The summed E-state index contributed by atoms with van der Waals surface area (Å²) >= 11 is 0. The van der Waals surface area contributed by atoms with Crippen molar-refractivity contribution in [2.24, 2.45) is 5.84 Å². The van der Waals surface area contributed by atoms with E-state index < -0.39 is 0 Å². The van der Waals surface area contributed by atoms with Crippen LogP contribution in [-0.2, 0) is 9.53 Å². The van der Waals surface area contributed by atoms with Crippen LogP contribution >= 0.6 is 0 Å². The molecule has 0 bridgehead atoms. The molecular formula is C14H21N3O2. The van der Waals surface area contributed by atoms with Gasteiger partial charge in [0.25, 0.3) is 5.91 Å². The largest absolute Gasteiger partial charge is 0.379 e. The van der Waals surface area contributed by atoms with Gasteiger partial charge >= 0.3 is 0 Å². The lowest BCUT2D eigenvalue weighted by molar-refractivity contribution is -0.139. The average Bonchev–Trinajstić information content (AvgIpc) is 2.49. The van der Waals surface area contributed by atoms with Crippen molar-refractivity contribution in [3.05, 3.63) is 35.9 Å². The third-order valence-corrected chi connectivity index (χ3v) is 3.38. The monoisotopic (exact) mass is 263 g/mol. The van der Waals surface area contributed by atoms with E-state index in [1.165, 1.54) is 5.01 Å². The topological polar surface area (TPSA) is 58.8 Å². The number of carbonyl (C=O) groups is 1. The van der Waals surface area contributed by atoms with Gasteiger partial charge in [-0.15, -0.1) is 0 Å². The second kappa shape index (κ2) is 6.65. The Kier molecular flexibility index (Phi) is 4.90. The van der Waals surface area contributed by atoms with Crippen LogP contribution in [0.2, 0.25) is 0 Å². The maximum absolute atomic E-state index is 12.5. The van der Waals surface area contributed by atoms with E-state index in [4.69, 9.17) is 10.6 Å². The normalized spacial score (nSPS) is 18.0. The van der Waals surface area contributed by atoms with E-state index in [-0.39, 0.29) is 11.9 Å². The molecule has 1 aromatic carbocycles. The van der Waals surface area contributed by atoms with Crippen molar-refractivity contribution >= 4 is 5.91 Å². The molecule has 1 aliphatic rings. The van der Waals surface area contributed by atoms with Gasteiger partial charge in [-0.25, -0.2) is 5.84 Å². The molecule has 1 fully saturated rings. The molecule has 0 spiro atoms. The predicted octanol–water partition coefficient (Wildman–Crippen LogP) is 0.782. The van der Waals surface area contributed by atoms with Crippen LogP contribution in [0.1, 0.15) is 18.5 Å². The van der Waals surface area contributed by atoms with Crippen molar-refractivity contribution < 1.29 is 9.53 Å². The van der Waals surface area contributed by atoms with E-state index in [1.807, 2.05) is 37.3 Å². The quantitative estimate of drug-likeness (QED) is 0.495. The molecule has 1 saturated heterocycles. The van der Waals surface area contributed by atoms with Crippen molar-refractivity contribution in [3.63, 3.8) is 0 Å². The molecule has 1 atom stereocenters. The molecule has 2 N–H and O–H groups in total. The minimum Gasteiger partial charge on any atom is -0.379 e. The zero-order chi connectivity index (χ0) is 13.7. The highest BCUT2D eigenvalue weighted by Gasteiger charge is 2.30. The van der Waals surface area contributed by atoms with Gasteiger partial charge in [0, 0.05) is 19.6 Å². The molecule has 0 saturated carbocycles. The Morgan fingerprint density at radius 1 is 1.37 bits per heavy atom. The van der Waals surface area contributed by atoms with Crippen LogP contribution in [0.25, 0.3) is 0 Å². The van der Waals surface area contributed by atoms with E-state index in [1.54, 1.807) is 0 Å². The number of likely N-dealkylation sites (N-methyl/N-ethyl adjacent to an activating group) is 1. The van der Waals surface area contributed by atoms with Crippen molar-refractivity contribution in [3.8, 4) is 0 Å². The highest BCUT2D eigenvalue weighted by Crippen LogP contribution is 2.23. The lowest BCUT2D eigenvalue weighted by atomic mass is 10.0. The Labute approximate surface area is 113 Å². The Hall–Kier alpha value is -1.43. The zero-order valence-electron chi connectivity index (χ0n) is 11.3. The third kappa shape index (κ3) is 3.32. The summed E-state index contributed by atoms with van der Waals surface area (Å²) in [4.78, 5) is 14.6. The van der Waals surface area contributed by atoms with Crippen LogP contribution in [0.3, 0.4) is 0 Å². The number of morpholine rings is 1. The fourth-order valence-corrected chi connectivity index (χ4v) is 2.29.